The van der Waals surface area contributed by atoms with Gasteiger partial charge in [0, 0.05) is 25.8 Å². The SMILES string of the molecule is CCCNc1nc(C)nc(N(C)C2CCOC2C)c1C. The molecule has 2 heterocycles. The monoisotopic (exact) mass is 278 g/mol. The highest BCUT2D eigenvalue weighted by Gasteiger charge is 2.30. The molecule has 5 nitrogen and oxygen atoms in total. The summed E-state index contributed by atoms with van der Waals surface area (Å²) in [7, 11) is 2.11. The van der Waals surface area contributed by atoms with E-state index in [2.05, 4.69) is 48.0 Å². The maximum Gasteiger partial charge on any atom is 0.137 e. The van der Waals surface area contributed by atoms with Crippen LogP contribution in [0.3, 0.4) is 0 Å². The molecule has 0 radical (unpaired) electrons. The number of aromatic nitrogens is 2. The van der Waals surface area contributed by atoms with Gasteiger partial charge in [0.15, 0.2) is 0 Å². The van der Waals surface area contributed by atoms with E-state index in [1.165, 1.54) is 0 Å². The van der Waals surface area contributed by atoms with E-state index in [4.69, 9.17) is 4.74 Å². The van der Waals surface area contributed by atoms with Gasteiger partial charge in [0.1, 0.15) is 17.5 Å². The molecule has 1 saturated heterocycles. The summed E-state index contributed by atoms with van der Waals surface area (Å²) in [6.45, 7) is 10.1. The minimum atomic E-state index is 0.252. The summed E-state index contributed by atoms with van der Waals surface area (Å²) in [4.78, 5) is 11.4. The lowest BCUT2D eigenvalue weighted by molar-refractivity contribution is 0.118. The van der Waals surface area contributed by atoms with Crippen LogP contribution in [0.15, 0.2) is 0 Å². The Bertz CT molecular complexity index is 463. The number of anilines is 2. The first kappa shape index (κ1) is 15.0. The maximum atomic E-state index is 5.67. The predicted octanol–water partition coefficient (Wildman–Crippen LogP) is 2.53. The number of ether oxygens (including phenoxy) is 1. The number of rotatable bonds is 5. The zero-order valence-electron chi connectivity index (χ0n) is 13.2. The molecule has 1 aliphatic rings. The van der Waals surface area contributed by atoms with Gasteiger partial charge in [-0.15, -0.1) is 0 Å². The van der Waals surface area contributed by atoms with E-state index in [1.54, 1.807) is 0 Å². The average molecular weight is 278 g/mol. The summed E-state index contributed by atoms with van der Waals surface area (Å²) in [6, 6.07) is 0.391. The van der Waals surface area contributed by atoms with Crippen molar-refractivity contribution in [1.29, 1.82) is 0 Å². The van der Waals surface area contributed by atoms with Crippen molar-refractivity contribution in [3.8, 4) is 0 Å². The molecule has 0 aromatic carbocycles. The highest BCUT2D eigenvalue weighted by molar-refractivity contribution is 5.59. The lowest BCUT2D eigenvalue weighted by Gasteiger charge is -2.29. The van der Waals surface area contributed by atoms with Crippen LogP contribution in [-0.2, 0) is 4.74 Å². The summed E-state index contributed by atoms with van der Waals surface area (Å²) in [5.74, 6) is 2.77. The van der Waals surface area contributed by atoms with Crippen molar-refractivity contribution >= 4 is 11.6 Å². The Balaban J connectivity index is 2.28. The molecule has 0 saturated carbocycles. The molecule has 2 rings (SSSR count). The molecule has 0 aliphatic carbocycles. The Hall–Kier alpha value is -1.36. The smallest absolute Gasteiger partial charge is 0.137 e. The third-order valence-electron chi connectivity index (χ3n) is 3.94. The van der Waals surface area contributed by atoms with Crippen molar-refractivity contribution in [3.63, 3.8) is 0 Å². The average Bonchev–Trinajstić information content (AvgIpc) is 2.84. The number of hydrogen-bond acceptors (Lipinski definition) is 5. The van der Waals surface area contributed by atoms with Gasteiger partial charge in [-0.2, -0.15) is 0 Å². The number of nitrogens with zero attached hydrogens (tertiary/aromatic N) is 3. The zero-order chi connectivity index (χ0) is 14.7. The number of nitrogens with one attached hydrogen (secondary N) is 1. The first-order chi connectivity index (χ1) is 9.54. The number of likely N-dealkylation sites (N-methyl/N-ethyl adjacent to an activating group) is 1. The lowest BCUT2D eigenvalue weighted by atomic mass is 10.1. The van der Waals surface area contributed by atoms with Gasteiger partial charge in [0.2, 0.25) is 0 Å². The molecule has 1 aromatic heterocycles. The summed E-state index contributed by atoms with van der Waals surface area (Å²) < 4.78 is 5.67. The first-order valence-corrected chi connectivity index (χ1v) is 7.48. The van der Waals surface area contributed by atoms with Gasteiger partial charge in [0.25, 0.3) is 0 Å². The van der Waals surface area contributed by atoms with Gasteiger partial charge in [-0.3, -0.25) is 0 Å². The van der Waals surface area contributed by atoms with E-state index in [0.717, 1.165) is 49.0 Å². The normalized spacial score (nSPS) is 22.1. The fourth-order valence-corrected chi connectivity index (χ4v) is 2.76. The van der Waals surface area contributed by atoms with Crippen molar-refractivity contribution in [3.05, 3.63) is 11.4 Å². The molecular formula is C15H26N4O. The third kappa shape index (κ3) is 3.03. The minimum absolute atomic E-state index is 0.252. The molecule has 2 unspecified atom stereocenters. The second kappa shape index (κ2) is 6.39. The van der Waals surface area contributed by atoms with E-state index in [9.17, 15) is 0 Å². The molecule has 20 heavy (non-hydrogen) atoms. The highest BCUT2D eigenvalue weighted by Crippen LogP contribution is 2.28. The molecular weight excluding hydrogens is 252 g/mol. The van der Waals surface area contributed by atoms with Gasteiger partial charge in [-0.05, 0) is 33.6 Å². The van der Waals surface area contributed by atoms with Gasteiger partial charge in [-0.1, -0.05) is 6.92 Å². The fourth-order valence-electron chi connectivity index (χ4n) is 2.76. The quantitative estimate of drug-likeness (QED) is 0.897. The number of hydrogen-bond donors (Lipinski definition) is 1. The summed E-state index contributed by atoms with van der Waals surface area (Å²) in [6.07, 6.45) is 2.39. The van der Waals surface area contributed by atoms with Crippen LogP contribution in [0.5, 0.6) is 0 Å². The summed E-state index contributed by atoms with van der Waals surface area (Å²) in [5, 5.41) is 3.39. The van der Waals surface area contributed by atoms with Crippen molar-refractivity contribution in [2.45, 2.75) is 52.7 Å². The summed E-state index contributed by atoms with van der Waals surface area (Å²) in [5.41, 5.74) is 1.12. The Kier molecular flexibility index (Phi) is 4.81. The van der Waals surface area contributed by atoms with Crippen LogP contribution in [-0.4, -0.2) is 42.3 Å². The zero-order valence-corrected chi connectivity index (χ0v) is 13.2. The van der Waals surface area contributed by atoms with Gasteiger partial charge in [0.05, 0.1) is 12.1 Å². The van der Waals surface area contributed by atoms with E-state index in [0.29, 0.717) is 6.04 Å². The van der Waals surface area contributed by atoms with Gasteiger partial charge >= 0.3 is 0 Å². The van der Waals surface area contributed by atoms with E-state index in [-0.39, 0.29) is 6.10 Å². The standard InChI is InChI=1S/C15H26N4O/c1-6-8-16-14-10(2)15(18-12(4)17-14)19(5)13-7-9-20-11(13)3/h11,13H,6-9H2,1-5H3,(H,16,17,18). The van der Waals surface area contributed by atoms with E-state index < -0.39 is 0 Å². The van der Waals surface area contributed by atoms with Gasteiger partial charge < -0.3 is 15.0 Å². The van der Waals surface area contributed by atoms with Crippen molar-refractivity contribution < 1.29 is 4.74 Å². The van der Waals surface area contributed by atoms with Crippen LogP contribution < -0.4 is 10.2 Å². The first-order valence-electron chi connectivity index (χ1n) is 7.48. The van der Waals surface area contributed by atoms with Crippen LogP contribution in [0, 0.1) is 13.8 Å². The molecule has 1 fully saturated rings. The van der Waals surface area contributed by atoms with Crippen molar-refractivity contribution in [1.82, 2.24) is 9.97 Å². The number of aryl methyl sites for hydroxylation is 1. The summed E-state index contributed by atoms with van der Waals surface area (Å²) >= 11 is 0. The van der Waals surface area contributed by atoms with Crippen molar-refractivity contribution in [2.24, 2.45) is 0 Å². The second-order valence-corrected chi connectivity index (χ2v) is 5.54. The van der Waals surface area contributed by atoms with Crippen LogP contribution >= 0.6 is 0 Å². The van der Waals surface area contributed by atoms with Crippen LogP contribution in [0.1, 0.15) is 38.1 Å². The van der Waals surface area contributed by atoms with Crippen LogP contribution in [0.4, 0.5) is 11.6 Å². The van der Waals surface area contributed by atoms with Crippen LogP contribution in [0.2, 0.25) is 0 Å². The Morgan fingerprint density at radius 3 is 2.70 bits per heavy atom. The van der Waals surface area contributed by atoms with Crippen LogP contribution in [0.25, 0.3) is 0 Å². The molecule has 0 bridgehead atoms. The molecule has 2 atom stereocenters. The molecule has 0 spiro atoms. The Morgan fingerprint density at radius 2 is 2.10 bits per heavy atom. The molecule has 5 heteroatoms. The lowest BCUT2D eigenvalue weighted by Crippen LogP contribution is -2.38. The molecule has 1 aromatic rings. The Labute approximate surface area is 121 Å². The van der Waals surface area contributed by atoms with E-state index >= 15 is 0 Å². The topological polar surface area (TPSA) is 50.3 Å². The van der Waals surface area contributed by atoms with Gasteiger partial charge in [-0.25, -0.2) is 9.97 Å². The minimum Gasteiger partial charge on any atom is -0.376 e. The molecule has 0 amide bonds. The maximum absolute atomic E-state index is 5.67. The Morgan fingerprint density at radius 1 is 1.35 bits per heavy atom. The predicted molar refractivity (Wildman–Crippen MR) is 82.5 cm³/mol. The molecule has 1 N–H and O–H groups in total. The second-order valence-electron chi connectivity index (χ2n) is 5.54. The fraction of sp³-hybridized carbons (Fsp3) is 0.733. The molecule has 112 valence electrons. The highest BCUT2D eigenvalue weighted by atomic mass is 16.5. The molecule has 1 aliphatic heterocycles. The van der Waals surface area contributed by atoms with E-state index in [1.807, 2.05) is 6.92 Å². The third-order valence-corrected chi connectivity index (χ3v) is 3.94. The van der Waals surface area contributed by atoms with Crippen molar-refractivity contribution in [2.75, 3.05) is 30.4 Å². The largest absolute Gasteiger partial charge is 0.376 e.